The number of carbonyl (C=O) groups is 3. The fraction of sp³-hybridized carbons (Fsp3) is 0.400. The number of carboxylic acids is 1. The minimum atomic E-state index is -4.95. The second kappa shape index (κ2) is 13.3. The largest absolute Gasteiger partial charge is 0.748 e. The van der Waals surface area contributed by atoms with Crippen molar-refractivity contribution in [2.75, 3.05) is 40.0 Å². The van der Waals surface area contributed by atoms with Crippen LogP contribution in [0.2, 0.25) is 0 Å². The second-order valence-electron chi connectivity index (χ2n) is 12.6. The van der Waals surface area contributed by atoms with E-state index in [0.717, 1.165) is 32.0 Å². The number of fused-ring (bicyclic) bond motifs is 2. The zero-order valence-corrected chi connectivity index (χ0v) is 26.9. The first kappa shape index (κ1) is 34.7. The summed E-state index contributed by atoms with van der Waals surface area (Å²) in [7, 11) is 1.31. The van der Waals surface area contributed by atoms with Gasteiger partial charge in [0.1, 0.15) is 6.04 Å². The fourth-order valence-corrected chi connectivity index (χ4v) is 6.36. The van der Waals surface area contributed by atoms with E-state index in [-0.39, 0.29) is 18.5 Å². The summed E-state index contributed by atoms with van der Waals surface area (Å²) < 4.78 is 69.0. The lowest BCUT2D eigenvalue weighted by Gasteiger charge is -2.32. The summed E-state index contributed by atoms with van der Waals surface area (Å²) in [4.78, 5) is 35.8. The number of carboxylic acid groups (broad SMARTS) is 1. The van der Waals surface area contributed by atoms with E-state index < -0.39 is 53.2 Å². The van der Waals surface area contributed by atoms with Crippen molar-refractivity contribution in [2.24, 2.45) is 0 Å². The van der Waals surface area contributed by atoms with Crippen molar-refractivity contribution in [2.45, 2.75) is 38.6 Å². The Bertz CT molecular complexity index is 1750. The summed E-state index contributed by atoms with van der Waals surface area (Å²) >= 11 is 0. The van der Waals surface area contributed by atoms with Crippen LogP contribution in [0.4, 0.5) is 8.63 Å². The van der Waals surface area contributed by atoms with Gasteiger partial charge < -0.3 is 42.4 Å². The second-order valence-corrected chi connectivity index (χ2v) is 14.0. The van der Waals surface area contributed by atoms with Crippen LogP contribution in [0, 0.1) is 6.92 Å². The molecule has 2 aliphatic rings. The number of amides is 2. The third kappa shape index (κ3) is 8.16. The van der Waals surface area contributed by atoms with Gasteiger partial charge in [-0.2, -0.15) is 0 Å². The quantitative estimate of drug-likeness (QED) is 0.157. The van der Waals surface area contributed by atoms with E-state index in [2.05, 4.69) is 26.5 Å². The van der Waals surface area contributed by atoms with E-state index in [4.69, 9.17) is 5.11 Å². The van der Waals surface area contributed by atoms with Gasteiger partial charge in [0.15, 0.2) is 11.4 Å². The van der Waals surface area contributed by atoms with Crippen molar-refractivity contribution in [1.82, 2.24) is 15.1 Å². The summed E-state index contributed by atoms with van der Waals surface area (Å²) in [6.07, 6.45) is 4.71. The Balaban J connectivity index is 1.54. The Kier molecular flexibility index (Phi) is 10.0. The Labute approximate surface area is 266 Å². The molecule has 0 saturated heterocycles. The minimum Gasteiger partial charge on any atom is -0.748 e. The average Bonchev–Trinajstić information content (AvgIpc) is 3.48. The van der Waals surface area contributed by atoms with Gasteiger partial charge in [-0.25, -0.2) is 13.2 Å². The summed E-state index contributed by atoms with van der Waals surface area (Å²) in [5, 5.41) is 13.2. The molecular formula is C30H38BF2N5O7S. The van der Waals surface area contributed by atoms with Gasteiger partial charge >= 0.3 is 12.9 Å². The minimum absolute atomic E-state index is 0.0840. The van der Waals surface area contributed by atoms with Gasteiger partial charge in [0, 0.05) is 41.8 Å². The number of halogens is 2. The fourth-order valence-electron chi connectivity index (χ4n) is 5.72. The molecule has 0 saturated carbocycles. The maximum atomic E-state index is 16.7. The lowest BCUT2D eigenvalue weighted by atomic mass is 9.88. The molecule has 0 fully saturated rings. The molecule has 1 unspecified atom stereocenters. The Morgan fingerprint density at radius 1 is 1.09 bits per heavy atom. The molecule has 3 N–H and O–H groups in total. The smallest absolute Gasteiger partial charge is 0.737 e. The van der Waals surface area contributed by atoms with Gasteiger partial charge in [0.05, 0.1) is 50.1 Å². The Morgan fingerprint density at radius 3 is 2.37 bits per heavy atom. The molecule has 46 heavy (non-hydrogen) atoms. The van der Waals surface area contributed by atoms with Crippen LogP contribution in [-0.2, 0) is 30.9 Å². The summed E-state index contributed by atoms with van der Waals surface area (Å²) in [6.45, 7) is -2.47. The van der Waals surface area contributed by atoms with E-state index in [1.165, 1.54) is 0 Å². The molecule has 16 heteroatoms. The van der Waals surface area contributed by atoms with Gasteiger partial charge in [0.2, 0.25) is 11.8 Å². The highest BCUT2D eigenvalue weighted by Gasteiger charge is 2.54. The third-order valence-corrected chi connectivity index (χ3v) is 8.55. The predicted octanol–water partition coefficient (Wildman–Crippen LogP) is 1.47. The number of aliphatic carboxylic acids is 1. The molecule has 2 aliphatic heterocycles. The normalized spacial score (nSPS) is 16.2. The van der Waals surface area contributed by atoms with Crippen molar-refractivity contribution < 1.29 is 50.1 Å². The van der Waals surface area contributed by atoms with Crippen molar-refractivity contribution in [1.29, 1.82) is 0 Å². The number of carbonyl (C=O) groups excluding carboxylic acids is 2. The number of aromatic nitrogens is 1. The van der Waals surface area contributed by atoms with Gasteiger partial charge in [-0.1, -0.05) is 18.2 Å². The van der Waals surface area contributed by atoms with Crippen molar-refractivity contribution in [3.8, 4) is 0 Å². The van der Waals surface area contributed by atoms with Crippen LogP contribution >= 0.6 is 0 Å². The van der Waals surface area contributed by atoms with Crippen LogP contribution in [0.25, 0.3) is 6.08 Å². The predicted molar refractivity (Wildman–Crippen MR) is 167 cm³/mol. The molecule has 2 aromatic rings. The van der Waals surface area contributed by atoms with Crippen LogP contribution < -0.4 is 10.6 Å². The zero-order valence-electron chi connectivity index (χ0n) is 26.1. The van der Waals surface area contributed by atoms with Crippen LogP contribution in [0.15, 0.2) is 53.7 Å². The topological polar surface area (TPSA) is 161 Å². The van der Waals surface area contributed by atoms with E-state index >= 15 is 8.63 Å². The zero-order chi connectivity index (χ0) is 34.0. The third-order valence-electron chi connectivity index (χ3n) is 7.81. The number of rotatable bonds is 14. The molecule has 2 amide bonds. The first-order valence-electron chi connectivity index (χ1n) is 14.8. The van der Waals surface area contributed by atoms with E-state index in [9.17, 15) is 27.4 Å². The monoisotopic (exact) mass is 661 g/mol. The molecule has 0 aliphatic carbocycles. The molecule has 12 nitrogen and oxygen atoms in total. The van der Waals surface area contributed by atoms with Crippen LogP contribution in [-0.4, -0.2) is 108 Å². The Hall–Kier alpha value is -4.15. The van der Waals surface area contributed by atoms with Crippen LogP contribution in [0.3, 0.4) is 0 Å². The number of nitrogens with one attached hydrogen (secondary N) is 2. The van der Waals surface area contributed by atoms with Gasteiger partial charge in [-0.15, -0.1) is 0 Å². The molecule has 0 spiro atoms. The number of benzene rings is 1. The first-order valence-corrected chi connectivity index (χ1v) is 16.4. The van der Waals surface area contributed by atoms with Crippen molar-refractivity contribution in [3.63, 3.8) is 0 Å². The lowest BCUT2D eigenvalue weighted by molar-refractivity contribution is -0.870. The summed E-state index contributed by atoms with van der Waals surface area (Å²) in [5.41, 5.74) is 3.54. The van der Waals surface area contributed by atoms with Crippen molar-refractivity contribution >= 4 is 46.7 Å². The van der Waals surface area contributed by atoms with Crippen LogP contribution in [0.5, 0.6) is 0 Å². The molecule has 248 valence electrons. The first-order chi connectivity index (χ1) is 21.4. The van der Waals surface area contributed by atoms with Gasteiger partial charge in [-0.3, -0.25) is 9.59 Å². The molecule has 3 heterocycles. The molecule has 4 rings (SSSR count). The summed E-state index contributed by atoms with van der Waals surface area (Å²) in [5.74, 6) is -4.80. The van der Waals surface area contributed by atoms with Gasteiger partial charge in [0.25, 0.3) is 0 Å². The van der Waals surface area contributed by atoms with E-state index in [1.54, 1.807) is 43.3 Å². The van der Waals surface area contributed by atoms with E-state index in [1.807, 2.05) is 17.5 Å². The van der Waals surface area contributed by atoms with E-state index in [0.29, 0.717) is 34.7 Å². The molecular weight excluding hydrogens is 623 g/mol. The number of hydrogen-bond acceptors (Lipinski definition) is 6. The van der Waals surface area contributed by atoms with Crippen molar-refractivity contribution in [3.05, 3.63) is 76.3 Å². The highest BCUT2D eigenvalue weighted by molar-refractivity contribution is 7.85. The standard InChI is InChI=1S/C30H38BF2N5O7S/c1-20-15-23(12-13-28(39)34-18-29(40)35-24(30(41)42)19-46(43,44)45)36-25(20)17-27-22(11-8-14-38(2,3)4)16-26(37(27)31(36,32)33)21-9-6-5-7-10-21/h5-7,9-10,15-17,24H,8,11-14,18-19H2,1-4H3,(H3-,34,35,39,40,41,42,43,44,45). The summed E-state index contributed by atoms with van der Waals surface area (Å²) in [6, 6.07) is 8.64. The number of allylic oxidation sites excluding steroid dienone is 2. The number of nitrogens with zero attached hydrogens (tertiary/aromatic N) is 3. The highest BCUT2D eigenvalue weighted by atomic mass is 32.2. The van der Waals surface area contributed by atoms with Gasteiger partial charge in [-0.05, 0) is 49.2 Å². The maximum Gasteiger partial charge on any atom is 0.737 e. The molecule has 1 aromatic carbocycles. The molecule has 0 radical (unpaired) electrons. The maximum absolute atomic E-state index is 16.7. The number of aryl methyl sites for hydroxylation is 2. The Morgan fingerprint density at radius 2 is 1.76 bits per heavy atom. The number of hydrogen-bond donors (Lipinski definition) is 3. The molecule has 1 aromatic heterocycles. The molecule has 1 atom stereocenters. The number of quaternary nitrogens is 1. The highest BCUT2D eigenvalue weighted by Crippen LogP contribution is 2.39. The SMILES string of the molecule is Cc1cc(CCC(=O)NCC(=O)NC(CS(=O)(=O)[O-])C(=O)O)n2c1C=C1C(CCC[N+](C)(C)C)=CC(c3ccccc3)=[N+]1[B-]2(F)F. The van der Waals surface area contributed by atoms with Crippen LogP contribution in [0.1, 0.15) is 41.8 Å². The molecule has 0 bridgehead atoms. The average molecular weight is 662 g/mol. The lowest BCUT2D eigenvalue weighted by Crippen LogP contribution is -2.51.